The molecule has 0 aliphatic heterocycles. The Balaban J connectivity index is 1.77. The van der Waals surface area contributed by atoms with Gasteiger partial charge in [0.05, 0.1) is 12.7 Å². The van der Waals surface area contributed by atoms with Crippen LogP contribution in [0, 0.1) is 5.92 Å². The molecule has 22 heavy (non-hydrogen) atoms. The molecule has 116 valence electrons. The molecule has 1 N–H and O–H groups in total. The molecule has 2 aromatic carbocycles. The minimum absolute atomic E-state index is 0.0341. The minimum atomic E-state index is -0.0341. The average molecular weight is 297 g/mol. The standard InChI is InChI=1S/C19H23NO2/c1-22-18-12-16-10-6-5-9-15(16)11-17(18)19(21)20-13-14-7-3-2-4-8-14/h5-6,9-12,14H,2-4,7-8,13H2,1H3,(H,20,21). The number of amides is 1. The maximum atomic E-state index is 12.5. The highest BCUT2D eigenvalue weighted by molar-refractivity contribution is 6.01. The highest BCUT2D eigenvalue weighted by atomic mass is 16.5. The van der Waals surface area contributed by atoms with E-state index in [9.17, 15) is 4.79 Å². The molecule has 3 nitrogen and oxygen atoms in total. The second-order valence-electron chi connectivity index (χ2n) is 6.11. The molecule has 1 aliphatic carbocycles. The Morgan fingerprint density at radius 2 is 1.82 bits per heavy atom. The molecule has 0 unspecified atom stereocenters. The summed E-state index contributed by atoms with van der Waals surface area (Å²) in [6, 6.07) is 11.9. The Kier molecular flexibility index (Phi) is 4.62. The lowest BCUT2D eigenvalue weighted by molar-refractivity contribution is 0.0940. The molecule has 2 aromatic rings. The van der Waals surface area contributed by atoms with Crippen LogP contribution in [0.25, 0.3) is 10.8 Å². The van der Waals surface area contributed by atoms with Crippen LogP contribution in [0.2, 0.25) is 0 Å². The minimum Gasteiger partial charge on any atom is -0.496 e. The van der Waals surface area contributed by atoms with E-state index in [1.54, 1.807) is 7.11 Å². The highest BCUT2D eigenvalue weighted by Gasteiger charge is 2.17. The van der Waals surface area contributed by atoms with Crippen molar-refractivity contribution in [3.63, 3.8) is 0 Å². The van der Waals surface area contributed by atoms with Gasteiger partial charge in [-0.2, -0.15) is 0 Å². The van der Waals surface area contributed by atoms with Gasteiger partial charge in [-0.3, -0.25) is 4.79 Å². The fraction of sp³-hybridized carbons (Fsp3) is 0.421. The molecule has 1 amide bonds. The third-order valence-electron chi connectivity index (χ3n) is 4.59. The summed E-state index contributed by atoms with van der Waals surface area (Å²) in [6.07, 6.45) is 6.38. The summed E-state index contributed by atoms with van der Waals surface area (Å²) in [5, 5.41) is 5.24. The van der Waals surface area contributed by atoms with Crippen molar-refractivity contribution in [3.05, 3.63) is 42.0 Å². The molecule has 0 spiro atoms. The first-order valence-corrected chi connectivity index (χ1v) is 8.13. The van der Waals surface area contributed by atoms with Crippen LogP contribution in [0.4, 0.5) is 0 Å². The van der Waals surface area contributed by atoms with E-state index in [1.807, 2.05) is 36.4 Å². The van der Waals surface area contributed by atoms with Gasteiger partial charge < -0.3 is 10.1 Å². The summed E-state index contributed by atoms with van der Waals surface area (Å²) in [5.74, 6) is 1.23. The van der Waals surface area contributed by atoms with E-state index in [2.05, 4.69) is 5.32 Å². The quantitative estimate of drug-likeness (QED) is 0.920. The van der Waals surface area contributed by atoms with Crippen LogP contribution in [-0.4, -0.2) is 19.6 Å². The molecule has 3 rings (SSSR count). The molecular formula is C19H23NO2. The second kappa shape index (κ2) is 6.82. The molecule has 1 fully saturated rings. The maximum absolute atomic E-state index is 12.5. The van der Waals surface area contributed by atoms with Crippen LogP contribution in [0.3, 0.4) is 0 Å². The fourth-order valence-corrected chi connectivity index (χ4v) is 3.29. The molecule has 0 atom stereocenters. The monoisotopic (exact) mass is 297 g/mol. The van der Waals surface area contributed by atoms with Crippen molar-refractivity contribution >= 4 is 16.7 Å². The predicted octanol–water partition coefficient (Wildman–Crippen LogP) is 4.16. The first-order valence-electron chi connectivity index (χ1n) is 8.13. The lowest BCUT2D eigenvalue weighted by atomic mass is 9.89. The Morgan fingerprint density at radius 1 is 1.14 bits per heavy atom. The van der Waals surface area contributed by atoms with Crippen LogP contribution >= 0.6 is 0 Å². The summed E-state index contributed by atoms with van der Waals surface area (Å²) < 4.78 is 5.41. The largest absolute Gasteiger partial charge is 0.496 e. The SMILES string of the molecule is COc1cc2ccccc2cc1C(=O)NCC1CCCCC1. The number of hydrogen-bond donors (Lipinski definition) is 1. The van der Waals surface area contributed by atoms with Crippen molar-refractivity contribution < 1.29 is 9.53 Å². The van der Waals surface area contributed by atoms with Crippen LogP contribution in [0.1, 0.15) is 42.5 Å². The second-order valence-corrected chi connectivity index (χ2v) is 6.11. The summed E-state index contributed by atoms with van der Waals surface area (Å²) in [5.41, 5.74) is 0.622. The molecular weight excluding hydrogens is 274 g/mol. The van der Waals surface area contributed by atoms with Gasteiger partial charge >= 0.3 is 0 Å². The third kappa shape index (κ3) is 3.24. The number of hydrogen-bond acceptors (Lipinski definition) is 2. The zero-order valence-electron chi connectivity index (χ0n) is 13.1. The van der Waals surface area contributed by atoms with E-state index in [-0.39, 0.29) is 5.91 Å². The van der Waals surface area contributed by atoms with Crippen molar-refractivity contribution in [2.24, 2.45) is 5.92 Å². The maximum Gasteiger partial charge on any atom is 0.255 e. The van der Waals surface area contributed by atoms with Crippen molar-refractivity contribution in [2.75, 3.05) is 13.7 Å². The average Bonchev–Trinajstić information content (AvgIpc) is 2.59. The highest BCUT2D eigenvalue weighted by Crippen LogP contribution is 2.26. The molecule has 0 radical (unpaired) electrons. The van der Waals surface area contributed by atoms with Gasteiger partial charge in [0.25, 0.3) is 5.91 Å². The van der Waals surface area contributed by atoms with E-state index < -0.39 is 0 Å². The van der Waals surface area contributed by atoms with Crippen molar-refractivity contribution in [1.82, 2.24) is 5.32 Å². The van der Waals surface area contributed by atoms with Gasteiger partial charge in [0.2, 0.25) is 0 Å². The first kappa shape index (κ1) is 14.9. The molecule has 3 heteroatoms. The van der Waals surface area contributed by atoms with Gasteiger partial charge in [-0.15, -0.1) is 0 Å². The van der Waals surface area contributed by atoms with Gasteiger partial charge in [-0.25, -0.2) is 0 Å². The summed E-state index contributed by atoms with van der Waals surface area (Å²) >= 11 is 0. The fourth-order valence-electron chi connectivity index (χ4n) is 3.29. The first-order chi connectivity index (χ1) is 10.8. The van der Waals surface area contributed by atoms with Gasteiger partial charge in [0.15, 0.2) is 0 Å². The zero-order chi connectivity index (χ0) is 15.4. The molecule has 1 aliphatic rings. The topological polar surface area (TPSA) is 38.3 Å². The van der Waals surface area contributed by atoms with Crippen LogP contribution < -0.4 is 10.1 Å². The number of methoxy groups -OCH3 is 1. The van der Waals surface area contributed by atoms with Gasteiger partial charge in [0.1, 0.15) is 5.75 Å². The van der Waals surface area contributed by atoms with E-state index in [0.717, 1.165) is 17.3 Å². The molecule has 0 aromatic heterocycles. The molecule has 0 saturated heterocycles. The van der Waals surface area contributed by atoms with Crippen LogP contribution in [-0.2, 0) is 0 Å². The van der Waals surface area contributed by atoms with Gasteiger partial charge in [-0.1, -0.05) is 43.5 Å². The molecule has 0 bridgehead atoms. The lowest BCUT2D eigenvalue weighted by Gasteiger charge is -2.22. The lowest BCUT2D eigenvalue weighted by Crippen LogP contribution is -2.30. The molecule has 0 heterocycles. The Morgan fingerprint density at radius 3 is 2.50 bits per heavy atom. The summed E-state index contributed by atoms with van der Waals surface area (Å²) in [6.45, 7) is 0.773. The number of rotatable bonds is 4. The summed E-state index contributed by atoms with van der Waals surface area (Å²) in [4.78, 5) is 12.5. The number of benzene rings is 2. The van der Waals surface area contributed by atoms with Crippen molar-refractivity contribution in [3.8, 4) is 5.75 Å². The Hall–Kier alpha value is -2.03. The number of ether oxygens (including phenoxy) is 1. The number of carbonyl (C=O) groups excluding carboxylic acids is 1. The summed E-state index contributed by atoms with van der Waals surface area (Å²) in [7, 11) is 1.61. The third-order valence-corrected chi connectivity index (χ3v) is 4.59. The smallest absolute Gasteiger partial charge is 0.255 e. The van der Waals surface area contributed by atoms with Crippen LogP contribution in [0.5, 0.6) is 5.75 Å². The Bertz CT molecular complexity index is 660. The number of fused-ring (bicyclic) bond motifs is 1. The zero-order valence-corrected chi connectivity index (χ0v) is 13.1. The van der Waals surface area contributed by atoms with E-state index in [4.69, 9.17) is 4.74 Å². The van der Waals surface area contributed by atoms with Crippen molar-refractivity contribution in [2.45, 2.75) is 32.1 Å². The van der Waals surface area contributed by atoms with Gasteiger partial charge in [0, 0.05) is 6.54 Å². The Labute approximate surface area is 131 Å². The number of carbonyl (C=O) groups is 1. The van der Waals surface area contributed by atoms with E-state index >= 15 is 0 Å². The van der Waals surface area contributed by atoms with Crippen molar-refractivity contribution in [1.29, 1.82) is 0 Å². The predicted molar refractivity (Wildman–Crippen MR) is 89.4 cm³/mol. The van der Waals surface area contributed by atoms with Gasteiger partial charge in [-0.05, 0) is 41.7 Å². The molecule has 1 saturated carbocycles. The number of nitrogens with one attached hydrogen (secondary N) is 1. The van der Waals surface area contributed by atoms with E-state index in [0.29, 0.717) is 17.2 Å². The van der Waals surface area contributed by atoms with E-state index in [1.165, 1.54) is 32.1 Å². The van der Waals surface area contributed by atoms with Crippen LogP contribution in [0.15, 0.2) is 36.4 Å². The normalized spacial score (nSPS) is 15.7.